The summed E-state index contributed by atoms with van der Waals surface area (Å²) in [5.41, 5.74) is 2.99. The molecule has 6 nitrogen and oxygen atoms in total. The smallest absolute Gasteiger partial charge is 0.170 e. The number of hydrogen-bond acceptors (Lipinski definition) is 7. The summed E-state index contributed by atoms with van der Waals surface area (Å²) in [5, 5.41) is 16.9. The first-order valence-electron chi connectivity index (χ1n) is 8.31. The third kappa shape index (κ3) is 2.61. The highest BCUT2D eigenvalue weighted by Gasteiger charge is 2.28. The van der Waals surface area contributed by atoms with Crippen molar-refractivity contribution in [2.45, 2.75) is 58.8 Å². The van der Waals surface area contributed by atoms with Gasteiger partial charge in [0.1, 0.15) is 15.0 Å². The van der Waals surface area contributed by atoms with Crippen LogP contribution in [0.2, 0.25) is 0 Å². The van der Waals surface area contributed by atoms with Crippen LogP contribution in [0.3, 0.4) is 0 Å². The molecule has 0 aromatic carbocycles. The lowest BCUT2D eigenvalue weighted by Gasteiger charge is -2.30. The van der Waals surface area contributed by atoms with Crippen molar-refractivity contribution in [3.05, 3.63) is 17.3 Å². The van der Waals surface area contributed by atoms with E-state index in [1.54, 1.807) is 11.3 Å². The number of fused-ring (bicyclic) bond motifs is 4. The predicted molar refractivity (Wildman–Crippen MR) is 96.5 cm³/mol. The van der Waals surface area contributed by atoms with E-state index in [1.165, 1.54) is 0 Å². The van der Waals surface area contributed by atoms with E-state index in [2.05, 4.69) is 54.5 Å². The zero-order chi connectivity index (χ0) is 16.9. The van der Waals surface area contributed by atoms with E-state index >= 15 is 0 Å². The summed E-state index contributed by atoms with van der Waals surface area (Å²) in [5.74, 6) is 0.798. The summed E-state index contributed by atoms with van der Waals surface area (Å²) >= 11 is 1.63. The molecule has 24 heavy (non-hydrogen) atoms. The molecule has 0 unspecified atom stereocenters. The molecule has 3 aromatic rings. The van der Waals surface area contributed by atoms with Crippen molar-refractivity contribution in [2.24, 2.45) is 0 Å². The number of nitrogens with one attached hydrogen (secondary N) is 1. The van der Waals surface area contributed by atoms with E-state index in [4.69, 9.17) is 9.72 Å². The second kappa shape index (κ2) is 5.60. The van der Waals surface area contributed by atoms with Gasteiger partial charge in [0.25, 0.3) is 0 Å². The zero-order valence-electron chi connectivity index (χ0n) is 14.4. The Morgan fingerprint density at radius 3 is 3.00 bits per heavy atom. The van der Waals surface area contributed by atoms with Gasteiger partial charge >= 0.3 is 0 Å². The third-order valence-corrected chi connectivity index (χ3v) is 5.63. The molecule has 126 valence electrons. The van der Waals surface area contributed by atoms with Crippen molar-refractivity contribution < 1.29 is 4.74 Å². The fourth-order valence-electron chi connectivity index (χ4n) is 2.94. The van der Waals surface area contributed by atoms with Crippen LogP contribution in [0.4, 0.5) is 5.82 Å². The molecule has 0 bridgehead atoms. The first kappa shape index (κ1) is 15.7. The van der Waals surface area contributed by atoms with Gasteiger partial charge in [-0.2, -0.15) is 0 Å². The molecule has 0 aliphatic carbocycles. The van der Waals surface area contributed by atoms with Crippen LogP contribution in [-0.2, 0) is 17.8 Å². The van der Waals surface area contributed by atoms with Crippen LogP contribution in [0, 0.1) is 0 Å². The molecule has 7 heteroatoms. The van der Waals surface area contributed by atoms with Gasteiger partial charge in [-0.3, -0.25) is 0 Å². The molecule has 1 aliphatic heterocycles. The van der Waals surface area contributed by atoms with Crippen molar-refractivity contribution in [3.8, 4) is 0 Å². The lowest BCUT2D eigenvalue weighted by atomic mass is 9.95. The van der Waals surface area contributed by atoms with Gasteiger partial charge in [-0.15, -0.1) is 21.5 Å². The van der Waals surface area contributed by atoms with Gasteiger partial charge in [0.05, 0.1) is 17.9 Å². The number of ether oxygens (including phenoxy) is 1. The molecule has 1 aliphatic rings. The van der Waals surface area contributed by atoms with Crippen LogP contribution in [0.1, 0.15) is 45.4 Å². The molecule has 0 fully saturated rings. The maximum Gasteiger partial charge on any atom is 0.170 e. The molecule has 1 N–H and O–H groups in total. The summed E-state index contributed by atoms with van der Waals surface area (Å²) in [6.07, 6.45) is 1.85. The van der Waals surface area contributed by atoms with Gasteiger partial charge in [0.15, 0.2) is 5.82 Å². The van der Waals surface area contributed by atoms with Crippen molar-refractivity contribution in [1.82, 2.24) is 20.4 Å². The molecule has 0 radical (unpaired) electrons. The average molecular weight is 343 g/mol. The predicted octanol–water partition coefficient (Wildman–Crippen LogP) is 3.70. The standard InChI is InChI=1S/C17H21N5OS/c1-5-9(2)18-15-14-13(20-22-21-15)11-6-10-8-23-17(3,4)7-12(10)19-16(11)24-14/h6,9H,5,7-8H2,1-4H3,(H,18,20,21)/t9-/m1/s1. The molecule has 0 saturated heterocycles. The molecular weight excluding hydrogens is 322 g/mol. The number of nitrogens with zero attached hydrogens (tertiary/aromatic N) is 4. The minimum atomic E-state index is -0.158. The van der Waals surface area contributed by atoms with Crippen LogP contribution in [0.25, 0.3) is 20.4 Å². The maximum absolute atomic E-state index is 5.92. The topological polar surface area (TPSA) is 72.8 Å². The second-order valence-corrected chi connectivity index (χ2v) is 8.04. The second-order valence-electron chi connectivity index (χ2n) is 7.04. The fourth-order valence-corrected chi connectivity index (χ4v) is 4.00. The Balaban J connectivity index is 1.87. The summed E-state index contributed by atoms with van der Waals surface area (Å²) in [6.45, 7) is 9.09. The van der Waals surface area contributed by atoms with Crippen LogP contribution in [-0.4, -0.2) is 32.0 Å². The third-order valence-electron chi connectivity index (χ3n) is 4.54. The molecule has 0 spiro atoms. The van der Waals surface area contributed by atoms with Gasteiger partial charge in [0.2, 0.25) is 0 Å². The van der Waals surface area contributed by atoms with Crippen molar-refractivity contribution >= 4 is 37.6 Å². The molecule has 1 atom stereocenters. The van der Waals surface area contributed by atoms with Gasteiger partial charge in [0, 0.05) is 23.4 Å². The molecule has 0 amide bonds. The number of thiophene rings is 1. The molecular formula is C17H21N5OS. The highest BCUT2D eigenvalue weighted by atomic mass is 32.1. The van der Waals surface area contributed by atoms with Crippen LogP contribution in [0.5, 0.6) is 0 Å². The minimum Gasteiger partial charge on any atom is -0.370 e. The van der Waals surface area contributed by atoms with Crippen molar-refractivity contribution in [2.75, 3.05) is 5.32 Å². The van der Waals surface area contributed by atoms with Gasteiger partial charge in [-0.05, 0) is 38.5 Å². The maximum atomic E-state index is 5.92. The van der Waals surface area contributed by atoms with Crippen molar-refractivity contribution in [3.63, 3.8) is 0 Å². The zero-order valence-corrected chi connectivity index (χ0v) is 15.2. The Kier molecular flexibility index (Phi) is 3.65. The molecule has 4 heterocycles. The van der Waals surface area contributed by atoms with E-state index in [-0.39, 0.29) is 5.60 Å². The lowest BCUT2D eigenvalue weighted by Crippen LogP contribution is -2.32. The van der Waals surface area contributed by atoms with E-state index in [1.807, 2.05) is 0 Å². The summed E-state index contributed by atoms with van der Waals surface area (Å²) < 4.78 is 6.95. The first-order valence-corrected chi connectivity index (χ1v) is 9.13. The normalized spacial score (nSPS) is 17.8. The van der Waals surface area contributed by atoms with E-state index in [9.17, 15) is 0 Å². The van der Waals surface area contributed by atoms with Crippen LogP contribution in [0.15, 0.2) is 6.07 Å². The Morgan fingerprint density at radius 2 is 2.21 bits per heavy atom. The quantitative estimate of drug-likeness (QED) is 0.782. The Labute approximate surface area is 144 Å². The highest BCUT2D eigenvalue weighted by Crippen LogP contribution is 2.37. The molecule has 0 saturated carbocycles. The fraction of sp³-hybridized carbons (Fsp3) is 0.529. The SMILES string of the molecule is CC[C@@H](C)Nc1nnnc2c1sc1nc3c(cc12)COC(C)(C)C3. The van der Waals surface area contributed by atoms with Gasteiger partial charge in [-0.1, -0.05) is 6.92 Å². The molecule has 4 rings (SSSR count). The first-order chi connectivity index (χ1) is 11.5. The number of anilines is 1. The number of aromatic nitrogens is 4. The Morgan fingerprint density at radius 1 is 1.38 bits per heavy atom. The summed E-state index contributed by atoms with van der Waals surface area (Å²) in [7, 11) is 0. The van der Waals surface area contributed by atoms with Crippen molar-refractivity contribution in [1.29, 1.82) is 0 Å². The Bertz CT molecular complexity index is 920. The van der Waals surface area contributed by atoms with Gasteiger partial charge in [-0.25, -0.2) is 4.98 Å². The monoisotopic (exact) mass is 343 g/mol. The minimum absolute atomic E-state index is 0.158. The van der Waals surface area contributed by atoms with Crippen LogP contribution >= 0.6 is 11.3 Å². The van der Waals surface area contributed by atoms with E-state index in [0.29, 0.717) is 12.6 Å². The molecule has 3 aromatic heterocycles. The largest absolute Gasteiger partial charge is 0.370 e. The summed E-state index contributed by atoms with van der Waals surface area (Å²) in [4.78, 5) is 5.90. The Hall–Kier alpha value is -1.86. The van der Waals surface area contributed by atoms with Crippen LogP contribution < -0.4 is 5.32 Å². The van der Waals surface area contributed by atoms with E-state index in [0.717, 1.165) is 50.4 Å². The average Bonchev–Trinajstić information content (AvgIpc) is 2.90. The van der Waals surface area contributed by atoms with Gasteiger partial charge < -0.3 is 10.1 Å². The number of rotatable bonds is 3. The summed E-state index contributed by atoms with van der Waals surface area (Å²) in [6, 6.07) is 2.50. The number of pyridine rings is 1. The lowest BCUT2D eigenvalue weighted by molar-refractivity contribution is -0.0411. The van der Waals surface area contributed by atoms with E-state index < -0.39 is 0 Å². The highest BCUT2D eigenvalue weighted by molar-refractivity contribution is 7.25. The number of hydrogen-bond donors (Lipinski definition) is 1.